The van der Waals surface area contributed by atoms with Gasteiger partial charge in [-0.2, -0.15) is 15.1 Å². The number of carbonyl (C=O) groups excluding carboxylic acids is 1. The van der Waals surface area contributed by atoms with E-state index in [1.165, 1.54) is 24.5 Å². The number of nitrogens with zero attached hydrogens (tertiary/aromatic N) is 6. The predicted molar refractivity (Wildman–Crippen MR) is 170 cm³/mol. The Kier molecular flexibility index (Phi) is 7.59. The van der Waals surface area contributed by atoms with E-state index in [0.29, 0.717) is 47.0 Å². The van der Waals surface area contributed by atoms with Gasteiger partial charge in [0.15, 0.2) is 0 Å². The maximum atomic E-state index is 16.0. The number of halogens is 2. The van der Waals surface area contributed by atoms with Crippen LogP contribution in [0, 0.1) is 18.6 Å². The Morgan fingerprint density at radius 1 is 1.07 bits per heavy atom. The summed E-state index contributed by atoms with van der Waals surface area (Å²) in [4.78, 5) is 28.8. The van der Waals surface area contributed by atoms with Gasteiger partial charge < -0.3 is 9.64 Å². The lowest BCUT2D eigenvalue weighted by atomic mass is 9.96. The monoisotopic (exact) mass is 642 g/mol. The zero-order valence-electron chi connectivity index (χ0n) is 25.2. The second-order valence-electron chi connectivity index (χ2n) is 10.8. The number of fused-ring (bicyclic) bond motifs is 3. The highest BCUT2D eigenvalue weighted by Gasteiger charge is 2.28. The van der Waals surface area contributed by atoms with Crippen LogP contribution >= 0.6 is 11.3 Å². The van der Waals surface area contributed by atoms with Crippen molar-refractivity contribution in [3.8, 4) is 39.5 Å². The lowest BCUT2D eigenvalue weighted by Gasteiger charge is -2.26. The summed E-state index contributed by atoms with van der Waals surface area (Å²) in [5, 5.41) is 13.1. The van der Waals surface area contributed by atoms with Crippen molar-refractivity contribution in [1.29, 1.82) is 0 Å². The zero-order chi connectivity index (χ0) is 32.1. The number of carbonyl (C=O) groups is 1. The van der Waals surface area contributed by atoms with Gasteiger partial charge in [-0.15, -0.1) is 11.3 Å². The van der Waals surface area contributed by atoms with Crippen molar-refractivity contribution in [3.63, 3.8) is 0 Å². The minimum Gasteiger partial charge on any atom is -0.464 e. The summed E-state index contributed by atoms with van der Waals surface area (Å²) in [5.41, 5.74) is 5.38. The highest BCUT2D eigenvalue weighted by molar-refractivity contribution is 7.18. The molecule has 4 aromatic heterocycles. The lowest BCUT2D eigenvalue weighted by molar-refractivity contribution is -0.303. The molecule has 7 rings (SSSR count). The Hall–Kier alpha value is -4.98. The van der Waals surface area contributed by atoms with Crippen molar-refractivity contribution in [2.24, 2.45) is 7.05 Å². The van der Waals surface area contributed by atoms with Gasteiger partial charge in [-0.3, -0.25) is 14.2 Å². The van der Waals surface area contributed by atoms with E-state index in [2.05, 4.69) is 16.6 Å². The van der Waals surface area contributed by atoms with Crippen molar-refractivity contribution in [2.45, 2.75) is 20.0 Å². The fourth-order valence-corrected chi connectivity index (χ4v) is 6.94. The smallest absolute Gasteiger partial charge is 0.246 e. The van der Waals surface area contributed by atoms with Crippen LogP contribution in [0.15, 0.2) is 60.5 Å². The summed E-state index contributed by atoms with van der Waals surface area (Å²) in [6, 6.07) is 11.7. The van der Waals surface area contributed by atoms with Crippen LogP contribution in [0.25, 0.3) is 54.8 Å². The maximum Gasteiger partial charge on any atom is 0.246 e. The first-order valence-electron chi connectivity index (χ1n) is 14.4. The molecule has 6 aromatic rings. The van der Waals surface area contributed by atoms with Gasteiger partial charge >= 0.3 is 0 Å². The van der Waals surface area contributed by atoms with Crippen molar-refractivity contribution in [2.75, 3.05) is 20.4 Å². The molecule has 1 amide bonds. The van der Waals surface area contributed by atoms with Gasteiger partial charge in [0.2, 0.25) is 12.7 Å². The largest absolute Gasteiger partial charge is 0.464 e. The van der Waals surface area contributed by atoms with Gasteiger partial charge in [-0.25, -0.2) is 18.7 Å². The van der Waals surface area contributed by atoms with Crippen LogP contribution in [0.2, 0.25) is 0 Å². The molecule has 0 spiro atoms. The third kappa shape index (κ3) is 5.02. The Labute approximate surface area is 266 Å². The number of amides is 1. The molecule has 0 atom stereocenters. The molecular formula is C33H28F2N6O4S. The van der Waals surface area contributed by atoms with E-state index in [0.717, 1.165) is 45.4 Å². The summed E-state index contributed by atoms with van der Waals surface area (Å²) in [6.45, 7) is 6.41. The third-order valence-corrected chi connectivity index (χ3v) is 9.03. The summed E-state index contributed by atoms with van der Waals surface area (Å²) < 4.78 is 40.6. The van der Waals surface area contributed by atoms with Gasteiger partial charge in [0.05, 0.1) is 48.4 Å². The number of thiophene rings is 1. The summed E-state index contributed by atoms with van der Waals surface area (Å²) >= 11 is 1.40. The molecule has 0 fully saturated rings. The molecule has 5 heterocycles. The molecule has 0 unspecified atom stereocenters. The average molecular weight is 643 g/mol. The lowest BCUT2D eigenvalue weighted by Crippen LogP contribution is -2.37. The third-order valence-electron chi connectivity index (χ3n) is 8.09. The van der Waals surface area contributed by atoms with E-state index in [1.54, 1.807) is 4.90 Å². The maximum absolute atomic E-state index is 16.0. The summed E-state index contributed by atoms with van der Waals surface area (Å²) in [5.74, 6) is -1.91. The molecule has 0 saturated heterocycles. The second-order valence-corrected chi connectivity index (χ2v) is 11.7. The molecule has 10 nitrogen and oxygen atoms in total. The highest BCUT2D eigenvalue weighted by Crippen LogP contribution is 2.47. The number of benzene rings is 2. The van der Waals surface area contributed by atoms with Crippen molar-refractivity contribution >= 4 is 38.2 Å². The first kappa shape index (κ1) is 29.7. The quantitative estimate of drug-likeness (QED) is 0.0623. The van der Waals surface area contributed by atoms with E-state index in [9.17, 15) is 9.18 Å². The molecule has 0 N–H and O–H groups in total. The van der Waals surface area contributed by atoms with Crippen LogP contribution in [-0.2, 0) is 34.7 Å². The summed E-state index contributed by atoms with van der Waals surface area (Å²) in [7, 11) is 3.20. The van der Waals surface area contributed by atoms with Crippen LogP contribution in [0.1, 0.15) is 11.4 Å². The van der Waals surface area contributed by atoms with E-state index < -0.39 is 18.4 Å². The van der Waals surface area contributed by atoms with Gasteiger partial charge in [-0.05, 0) is 36.6 Å². The Morgan fingerprint density at radius 2 is 1.91 bits per heavy atom. The number of hydrogen-bond donors (Lipinski definition) is 0. The molecule has 0 radical (unpaired) electrons. The molecule has 13 heteroatoms. The van der Waals surface area contributed by atoms with Crippen molar-refractivity contribution < 1.29 is 28.1 Å². The number of aromatic nitrogens is 5. The van der Waals surface area contributed by atoms with Crippen molar-refractivity contribution in [1.82, 2.24) is 29.4 Å². The molecule has 0 bridgehead atoms. The number of aryl methyl sites for hydroxylation is 2. The molecule has 234 valence electrons. The van der Waals surface area contributed by atoms with Crippen LogP contribution in [0.4, 0.5) is 8.78 Å². The van der Waals surface area contributed by atoms with Crippen LogP contribution < -0.4 is 4.74 Å². The first-order valence-corrected chi connectivity index (χ1v) is 15.3. The number of rotatable bonds is 8. The van der Waals surface area contributed by atoms with E-state index in [4.69, 9.17) is 19.7 Å². The van der Waals surface area contributed by atoms with Crippen molar-refractivity contribution in [3.05, 3.63) is 83.5 Å². The number of hydrogen-bond acceptors (Lipinski definition) is 8. The van der Waals surface area contributed by atoms with Crippen LogP contribution in [0.5, 0.6) is 5.75 Å². The topological polar surface area (TPSA) is 96.5 Å². The summed E-state index contributed by atoms with van der Waals surface area (Å²) in [6.07, 6.45) is 1.29. The molecule has 0 saturated carbocycles. The van der Waals surface area contributed by atoms with Crippen LogP contribution in [0.3, 0.4) is 0 Å². The molecule has 1 aliphatic rings. The Balaban J connectivity index is 1.50. The number of pyridine rings is 1. The average Bonchev–Trinajstić information content (AvgIpc) is 3.77. The van der Waals surface area contributed by atoms with Gasteiger partial charge in [0.1, 0.15) is 28.8 Å². The van der Waals surface area contributed by atoms with E-state index >= 15 is 4.39 Å². The Bertz CT molecular complexity index is 2170. The molecule has 2 aromatic carbocycles. The zero-order valence-corrected chi connectivity index (χ0v) is 26.0. The van der Waals surface area contributed by atoms with E-state index in [1.807, 2.05) is 59.0 Å². The molecule has 0 aliphatic carbocycles. The fraction of sp³-hybridized carbons (Fsp3) is 0.212. The molecule has 1 aliphatic heterocycles. The molecule has 46 heavy (non-hydrogen) atoms. The van der Waals surface area contributed by atoms with Gasteiger partial charge in [0.25, 0.3) is 0 Å². The fourth-order valence-electron chi connectivity index (χ4n) is 5.99. The predicted octanol–water partition coefficient (Wildman–Crippen LogP) is 6.41. The molecular weight excluding hydrogens is 614 g/mol. The minimum absolute atomic E-state index is 0.00903. The standard InChI is InChI=1S/C33H28F2N6O4S/c1-5-28(42)40-9-10-41-21(16-40)15-25(38-41)32-30(29-24(35)13-20(34)14-27(29)44-17-45-43-4)33-23(8-11-46-33)31(36-32)19-6-7-22-18(2)37-39(3)26(22)12-19/h5-8,11-15H,1,9-10,16-17H2,2-4H3. The second kappa shape index (κ2) is 11.7. The normalized spacial score (nSPS) is 13.0. The van der Waals surface area contributed by atoms with Gasteiger partial charge in [0, 0.05) is 52.3 Å². The van der Waals surface area contributed by atoms with E-state index in [-0.39, 0.29) is 17.2 Å². The SMILES string of the molecule is C=CC(=O)N1CCn2nc(-c3nc(-c4ccc5c(C)nn(C)c5c4)c4ccsc4c3-c3c(F)cc(F)cc3OCOOC)cc2C1. The highest BCUT2D eigenvalue weighted by atomic mass is 32.1. The Morgan fingerprint density at radius 3 is 2.72 bits per heavy atom. The minimum atomic E-state index is -0.837. The number of ether oxygens (including phenoxy) is 1. The first-order chi connectivity index (χ1) is 22.3. The van der Waals surface area contributed by atoms with Crippen LogP contribution in [-0.4, -0.2) is 55.8 Å². The van der Waals surface area contributed by atoms with Gasteiger partial charge in [-0.1, -0.05) is 18.7 Å².